The monoisotopic (exact) mass is 226 g/mol. The van der Waals surface area contributed by atoms with Gasteiger partial charge in [0, 0.05) is 24.5 Å². The molecule has 0 aliphatic carbocycles. The highest BCUT2D eigenvalue weighted by molar-refractivity contribution is 5.96. The molecular weight excluding hydrogens is 204 g/mol. The van der Waals surface area contributed by atoms with E-state index >= 15 is 0 Å². The van der Waals surface area contributed by atoms with Gasteiger partial charge in [0.25, 0.3) is 0 Å². The number of amides is 3. The molecule has 1 saturated heterocycles. The Kier molecular flexibility index (Phi) is 3.61. The fourth-order valence-electron chi connectivity index (χ4n) is 1.98. The zero-order valence-corrected chi connectivity index (χ0v) is 10.9. The van der Waals surface area contributed by atoms with Gasteiger partial charge in [0.2, 0.25) is 5.91 Å². The Morgan fingerprint density at radius 1 is 1.19 bits per heavy atom. The molecular formula is C12H22N2O2. The van der Waals surface area contributed by atoms with Crippen LogP contribution in [-0.4, -0.2) is 39.9 Å². The van der Waals surface area contributed by atoms with Crippen LogP contribution in [0.5, 0.6) is 0 Å². The summed E-state index contributed by atoms with van der Waals surface area (Å²) in [6.45, 7) is 10.3. The van der Waals surface area contributed by atoms with Crippen LogP contribution in [0.25, 0.3) is 0 Å². The van der Waals surface area contributed by atoms with Gasteiger partial charge in [-0.1, -0.05) is 0 Å². The number of nitrogens with zero attached hydrogens (tertiary/aromatic N) is 2. The molecule has 1 aliphatic rings. The summed E-state index contributed by atoms with van der Waals surface area (Å²) in [6.07, 6.45) is 1.22. The molecule has 4 nitrogen and oxygen atoms in total. The zero-order valence-electron chi connectivity index (χ0n) is 10.9. The maximum Gasteiger partial charge on any atom is 0.327 e. The smallest absolute Gasteiger partial charge is 0.322 e. The molecule has 0 aromatic rings. The summed E-state index contributed by atoms with van der Waals surface area (Å²) in [7, 11) is 0. The summed E-state index contributed by atoms with van der Waals surface area (Å²) in [5, 5.41) is 0. The van der Waals surface area contributed by atoms with Gasteiger partial charge in [-0.25, -0.2) is 4.79 Å². The molecule has 1 rings (SSSR count). The average molecular weight is 226 g/mol. The van der Waals surface area contributed by atoms with Crippen molar-refractivity contribution in [3.05, 3.63) is 0 Å². The zero-order chi connectivity index (χ0) is 12.5. The first kappa shape index (κ1) is 13.0. The molecule has 1 fully saturated rings. The molecule has 1 heterocycles. The third-order valence-electron chi connectivity index (χ3n) is 2.77. The van der Waals surface area contributed by atoms with Gasteiger partial charge < -0.3 is 4.90 Å². The molecule has 0 atom stereocenters. The number of carbonyl (C=O) groups excluding carboxylic acids is 2. The van der Waals surface area contributed by atoms with Crippen LogP contribution in [0, 0.1) is 0 Å². The quantitative estimate of drug-likeness (QED) is 0.688. The molecule has 92 valence electrons. The van der Waals surface area contributed by atoms with Crippen molar-refractivity contribution in [1.82, 2.24) is 9.80 Å². The minimum absolute atomic E-state index is 0.0550. The van der Waals surface area contributed by atoms with Crippen LogP contribution < -0.4 is 0 Å². The van der Waals surface area contributed by atoms with E-state index in [2.05, 4.69) is 0 Å². The van der Waals surface area contributed by atoms with Crippen LogP contribution in [0.2, 0.25) is 0 Å². The standard InChI is InChI=1S/C12H22N2O2/c1-9(2)13-8-6-7-10(15)14(11(13)16)12(3,4)5/h9H,6-8H2,1-5H3. The first-order valence-electron chi connectivity index (χ1n) is 5.89. The maximum atomic E-state index is 12.3. The van der Waals surface area contributed by atoms with Gasteiger partial charge in [0.15, 0.2) is 0 Å². The molecule has 4 heteroatoms. The van der Waals surface area contributed by atoms with E-state index in [0.29, 0.717) is 13.0 Å². The SMILES string of the molecule is CC(C)N1CCCC(=O)N(C(C)(C)C)C1=O. The second kappa shape index (κ2) is 4.44. The molecule has 0 aromatic carbocycles. The molecule has 16 heavy (non-hydrogen) atoms. The van der Waals surface area contributed by atoms with Gasteiger partial charge in [-0.15, -0.1) is 0 Å². The summed E-state index contributed by atoms with van der Waals surface area (Å²) in [6, 6.07) is -0.00625. The Hall–Kier alpha value is -1.06. The Labute approximate surface area is 97.6 Å². The average Bonchev–Trinajstić information content (AvgIpc) is 2.22. The Morgan fingerprint density at radius 3 is 2.19 bits per heavy atom. The van der Waals surface area contributed by atoms with Crippen LogP contribution in [0.1, 0.15) is 47.5 Å². The minimum atomic E-state index is -0.439. The van der Waals surface area contributed by atoms with Gasteiger partial charge in [0.05, 0.1) is 0 Å². The van der Waals surface area contributed by atoms with E-state index in [4.69, 9.17) is 0 Å². The Bertz CT molecular complexity index is 292. The summed E-state index contributed by atoms with van der Waals surface area (Å²) < 4.78 is 0. The summed E-state index contributed by atoms with van der Waals surface area (Å²) in [5.74, 6) is -0.0550. The van der Waals surface area contributed by atoms with Crippen LogP contribution >= 0.6 is 0 Å². The third kappa shape index (κ3) is 2.54. The van der Waals surface area contributed by atoms with Crippen molar-refractivity contribution >= 4 is 11.9 Å². The lowest BCUT2D eigenvalue weighted by Crippen LogP contribution is -2.54. The Balaban J connectivity index is 3.02. The van der Waals surface area contributed by atoms with Crippen molar-refractivity contribution in [2.75, 3.05) is 6.54 Å². The lowest BCUT2D eigenvalue weighted by Gasteiger charge is -2.37. The van der Waals surface area contributed by atoms with Crippen molar-refractivity contribution in [3.8, 4) is 0 Å². The van der Waals surface area contributed by atoms with Gasteiger partial charge in [-0.05, 0) is 41.0 Å². The fourth-order valence-corrected chi connectivity index (χ4v) is 1.98. The maximum absolute atomic E-state index is 12.3. The first-order chi connectivity index (χ1) is 7.25. The van der Waals surface area contributed by atoms with Crippen LogP contribution in [0.15, 0.2) is 0 Å². The number of carbonyl (C=O) groups is 2. The van der Waals surface area contributed by atoms with Gasteiger partial charge in [0.1, 0.15) is 0 Å². The van der Waals surface area contributed by atoms with Gasteiger partial charge >= 0.3 is 6.03 Å². The van der Waals surface area contributed by atoms with Crippen LogP contribution in [0.4, 0.5) is 4.79 Å². The Morgan fingerprint density at radius 2 is 1.75 bits per heavy atom. The summed E-state index contributed by atoms with van der Waals surface area (Å²) in [5.41, 5.74) is -0.439. The first-order valence-corrected chi connectivity index (χ1v) is 5.89. The summed E-state index contributed by atoms with van der Waals surface area (Å²) >= 11 is 0. The number of hydrogen-bond donors (Lipinski definition) is 0. The molecule has 0 N–H and O–H groups in total. The molecule has 0 unspecified atom stereocenters. The molecule has 0 bridgehead atoms. The largest absolute Gasteiger partial charge is 0.327 e. The molecule has 0 spiro atoms. The van der Waals surface area contributed by atoms with Crippen LogP contribution in [-0.2, 0) is 4.79 Å². The van der Waals surface area contributed by atoms with E-state index in [-0.39, 0.29) is 18.0 Å². The van der Waals surface area contributed by atoms with E-state index in [9.17, 15) is 9.59 Å². The number of urea groups is 1. The van der Waals surface area contributed by atoms with E-state index in [1.165, 1.54) is 4.90 Å². The van der Waals surface area contributed by atoms with Gasteiger partial charge in [-0.2, -0.15) is 0 Å². The normalized spacial score (nSPS) is 19.4. The van der Waals surface area contributed by atoms with E-state index in [1.54, 1.807) is 4.90 Å². The van der Waals surface area contributed by atoms with Crippen molar-refractivity contribution in [2.45, 2.75) is 59.0 Å². The van der Waals surface area contributed by atoms with Crippen molar-refractivity contribution in [1.29, 1.82) is 0 Å². The predicted molar refractivity (Wildman–Crippen MR) is 63.1 cm³/mol. The molecule has 0 aromatic heterocycles. The van der Waals surface area contributed by atoms with E-state index < -0.39 is 5.54 Å². The second-order valence-corrected chi connectivity index (χ2v) is 5.57. The molecule has 3 amide bonds. The predicted octanol–water partition coefficient (Wildman–Crippen LogP) is 2.24. The molecule has 0 radical (unpaired) electrons. The second-order valence-electron chi connectivity index (χ2n) is 5.57. The third-order valence-corrected chi connectivity index (χ3v) is 2.77. The lowest BCUT2D eigenvalue weighted by atomic mass is 10.1. The highest BCUT2D eigenvalue weighted by Crippen LogP contribution is 2.22. The van der Waals surface area contributed by atoms with Crippen molar-refractivity contribution in [2.24, 2.45) is 0 Å². The van der Waals surface area contributed by atoms with Crippen molar-refractivity contribution < 1.29 is 9.59 Å². The topological polar surface area (TPSA) is 40.6 Å². The van der Waals surface area contributed by atoms with Gasteiger partial charge in [-0.3, -0.25) is 9.69 Å². The number of rotatable bonds is 1. The highest BCUT2D eigenvalue weighted by atomic mass is 16.2. The number of hydrogen-bond acceptors (Lipinski definition) is 2. The van der Waals surface area contributed by atoms with Crippen LogP contribution in [0.3, 0.4) is 0 Å². The molecule has 1 aliphatic heterocycles. The van der Waals surface area contributed by atoms with Crippen molar-refractivity contribution in [3.63, 3.8) is 0 Å². The lowest BCUT2D eigenvalue weighted by molar-refractivity contribution is -0.131. The molecule has 0 saturated carbocycles. The van der Waals surface area contributed by atoms with E-state index in [0.717, 1.165) is 6.42 Å². The highest BCUT2D eigenvalue weighted by Gasteiger charge is 2.37. The van der Waals surface area contributed by atoms with E-state index in [1.807, 2.05) is 34.6 Å². The summed E-state index contributed by atoms with van der Waals surface area (Å²) in [4.78, 5) is 27.4. The minimum Gasteiger partial charge on any atom is -0.322 e. The number of imide groups is 1. The fraction of sp³-hybridized carbons (Fsp3) is 0.833.